The summed E-state index contributed by atoms with van der Waals surface area (Å²) in [4.78, 5) is 39.5. The van der Waals surface area contributed by atoms with E-state index in [1.165, 1.54) is 17.4 Å². The third-order valence-electron chi connectivity index (χ3n) is 5.47. The van der Waals surface area contributed by atoms with Crippen LogP contribution < -0.4 is 16.4 Å². The highest BCUT2D eigenvalue weighted by Crippen LogP contribution is 2.35. The number of carbonyl (C=O) groups excluding carboxylic acids is 2. The Morgan fingerprint density at radius 1 is 1.24 bits per heavy atom. The number of aryl methyl sites for hydroxylation is 2. The molecule has 33 heavy (non-hydrogen) atoms. The number of benzene rings is 1. The predicted octanol–water partition coefficient (Wildman–Crippen LogP) is 3.26. The Morgan fingerprint density at radius 3 is 2.70 bits per heavy atom. The number of hydrogen-bond donors (Lipinski definition) is 3. The summed E-state index contributed by atoms with van der Waals surface area (Å²) in [6, 6.07) is 7.71. The van der Waals surface area contributed by atoms with Crippen molar-refractivity contribution in [1.82, 2.24) is 19.9 Å². The number of nitrogens with one attached hydrogen (secondary N) is 2. The SMILES string of the molecule is C=CC(=O)N1CC[C@@H](Nc2nccc(Nc3nc(-c4c(C)cccc4C)c(C(N)=O)s3)n2)C1. The summed E-state index contributed by atoms with van der Waals surface area (Å²) in [6.45, 7) is 8.73. The summed E-state index contributed by atoms with van der Waals surface area (Å²) in [7, 11) is 0. The number of likely N-dealkylation sites (tertiary alicyclic amines) is 1. The molecule has 0 bridgehead atoms. The molecule has 3 aromatic rings. The normalized spacial score (nSPS) is 15.3. The van der Waals surface area contributed by atoms with Crippen molar-refractivity contribution >= 4 is 40.0 Å². The van der Waals surface area contributed by atoms with Gasteiger partial charge in [0.05, 0.1) is 5.69 Å². The minimum atomic E-state index is -0.525. The summed E-state index contributed by atoms with van der Waals surface area (Å²) in [5.74, 6) is 0.370. The predicted molar refractivity (Wildman–Crippen MR) is 130 cm³/mol. The molecule has 0 unspecified atom stereocenters. The van der Waals surface area contributed by atoms with E-state index >= 15 is 0 Å². The molecule has 9 nitrogen and oxygen atoms in total. The lowest BCUT2D eigenvalue weighted by molar-refractivity contribution is -0.125. The molecule has 1 aromatic carbocycles. The largest absolute Gasteiger partial charge is 0.365 e. The number of nitrogens with zero attached hydrogens (tertiary/aromatic N) is 4. The van der Waals surface area contributed by atoms with Crippen molar-refractivity contribution in [3.8, 4) is 11.3 Å². The Balaban J connectivity index is 1.54. The van der Waals surface area contributed by atoms with Crippen LogP contribution in [0.15, 0.2) is 43.1 Å². The van der Waals surface area contributed by atoms with Crippen LogP contribution in [0, 0.1) is 13.8 Å². The fourth-order valence-electron chi connectivity index (χ4n) is 3.90. The molecular formula is C23H25N7O2S. The first-order chi connectivity index (χ1) is 15.9. The fraction of sp³-hybridized carbons (Fsp3) is 0.261. The molecule has 3 heterocycles. The van der Waals surface area contributed by atoms with Crippen LogP contribution in [0.25, 0.3) is 11.3 Å². The fourth-order valence-corrected chi connectivity index (χ4v) is 4.73. The number of carbonyl (C=O) groups is 2. The number of anilines is 3. The topological polar surface area (TPSA) is 126 Å². The van der Waals surface area contributed by atoms with Gasteiger partial charge in [-0.05, 0) is 43.5 Å². The summed E-state index contributed by atoms with van der Waals surface area (Å²) >= 11 is 1.19. The van der Waals surface area contributed by atoms with Crippen molar-refractivity contribution in [3.63, 3.8) is 0 Å². The number of thiazole rings is 1. The Hall–Kier alpha value is -3.79. The van der Waals surface area contributed by atoms with Gasteiger partial charge in [-0.15, -0.1) is 0 Å². The summed E-state index contributed by atoms with van der Waals surface area (Å²) < 4.78 is 0. The number of hydrogen-bond acceptors (Lipinski definition) is 8. The molecule has 2 aromatic heterocycles. The molecule has 10 heteroatoms. The second-order valence-corrected chi connectivity index (χ2v) is 8.84. The highest BCUT2D eigenvalue weighted by Gasteiger charge is 2.25. The molecule has 4 N–H and O–H groups in total. The smallest absolute Gasteiger partial charge is 0.261 e. The molecular weight excluding hydrogens is 438 g/mol. The first-order valence-electron chi connectivity index (χ1n) is 10.5. The minimum absolute atomic E-state index is 0.0566. The Bertz CT molecular complexity index is 1200. The average molecular weight is 464 g/mol. The first kappa shape index (κ1) is 22.4. The van der Waals surface area contributed by atoms with Crippen molar-refractivity contribution < 1.29 is 9.59 Å². The van der Waals surface area contributed by atoms with Crippen molar-refractivity contribution in [2.45, 2.75) is 26.3 Å². The van der Waals surface area contributed by atoms with Crippen LogP contribution in [-0.2, 0) is 4.79 Å². The number of amides is 2. The van der Waals surface area contributed by atoms with E-state index in [0.717, 1.165) is 23.1 Å². The average Bonchev–Trinajstić information content (AvgIpc) is 3.41. The van der Waals surface area contributed by atoms with Gasteiger partial charge in [-0.3, -0.25) is 9.59 Å². The van der Waals surface area contributed by atoms with E-state index in [9.17, 15) is 9.59 Å². The molecule has 0 aliphatic carbocycles. The van der Waals surface area contributed by atoms with Gasteiger partial charge in [0.1, 0.15) is 10.7 Å². The van der Waals surface area contributed by atoms with Crippen LogP contribution >= 0.6 is 11.3 Å². The van der Waals surface area contributed by atoms with Crippen LogP contribution in [0.3, 0.4) is 0 Å². The van der Waals surface area contributed by atoms with Crippen molar-refractivity contribution in [2.24, 2.45) is 5.73 Å². The summed E-state index contributed by atoms with van der Waals surface area (Å²) in [5.41, 5.74) is 9.15. The van der Waals surface area contributed by atoms with E-state index < -0.39 is 5.91 Å². The minimum Gasteiger partial charge on any atom is -0.365 e. The van der Waals surface area contributed by atoms with Crippen LogP contribution in [0.2, 0.25) is 0 Å². The van der Waals surface area contributed by atoms with E-state index in [1.807, 2.05) is 32.0 Å². The van der Waals surface area contributed by atoms with Crippen LogP contribution in [0.1, 0.15) is 27.2 Å². The van der Waals surface area contributed by atoms with Crippen LogP contribution in [0.4, 0.5) is 16.9 Å². The maximum atomic E-state index is 12.1. The summed E-state index contributed by atoms with van der Waals surface area (Å²) in [6.07, 6.45) is 3.76. The zero-order valence-corrected chi connectivity index (χ0v) is 19.3. The highest BCUT2D eigenvalue weighted by atomic mass is 32.1. The van der Waals surface area contributed by atoms with E-state index in [2.05, 4.69) is 32.2 Å². The van der Waals surface area contributed by atoms with Gasteiger partial charge in [0.15, 0.2) is 5.13 Å². The van der Waals surface area contributed by atoms with Gasteiger partial charge in [-0.25, -0.2) is 9.97 Å². The zero-order valence-electron chi connectivity index (χ0n) is 18.5. The quantitative estimate of drug-likeness (QED) is 0.459. The molecule has 1 atom stereocenters. The van der Waals surface area contributed by atoms with E-state index in [4.69, 9.17) is 5.73 Å². The van der Waals surface area contributed by atoms with Crippen molar-refractivity contribution in [2.75, 3.05) is 23.7 Å². The molecule has 0 spiro atoms. The Labute approximate surface area is 195 Å². The Morgan fingerprint density at radius 2 is 2.00 bits per heavy atom. The monoisotopic (exact) mass is 463 g/mol. The maximum Gasteiger partial charge on any atom is 0.261 e. The van der Waals surface area contributed by atoms with Gasteiger partial charge < -0.3 is 21.3 Å². The van der Waals surface area contributed by atoms with Crippen molar-refractivity contribution in [1.29, 1.82) is 0 Å². The van der Waals surface area contributed by atoms with E-state index in [1.54, 1.807) is 17.2 Å². The Kier molecular flexibility index (Phi) is 6.36. The number of rotatable bonds is 7. The molecule has 2 amide bonds. The first-order valence-corrected chi connectivity index (χ1v) is 11.3. The van der Waals surface area contributed by atoms with E-state index in [-0.39, 0.29) is 11.9 Å². The molecule has 0 radical (unpaired) electrons. The van der Waals surface area contributed by atoms with Crippen molar-refractivity contribution in [3.05, 3.63) is 59.1 Å². The third kappa shape index (κ3) is 4.85. The van der Waals surface area contributed by atoms with Gasteiger partial charge in [-0.1, -0.05) is 36.1 Å². The third-order valence-corrected chi connectivity index (χ3v) is 6.45. The number of nitrogens with two attached hydrogens (primary N) is 1. The van der Waals surface area contributed by atoms with Gasteiger partial charge in [0.2, 0.25) is 11.9 Å². The van der Waals surface area contributed by atoms with Gasteiger partial charge in [0.25, 0.3) is 5.91 Å². The molecule has 1 saturated heterocycles. The maximum absolute atomic E-state index is 12.1. The van der Waals surface area contributed by atoms with E-state index in [0.29, 0.717) is 40.6 Å². The van der Waals surface area contributed by atoms with Gasteiger partial charge in [0, 0.05) is 30.9 Å². The number of aromatic nitrogens is 3. The highest BCUT2D eigenvalue weighted by molar-refractivity contribution is 7.18. The van der Waals surface area contributed by atoms with Gasteiger partial charge in [-0.2, -0.15) is 4.98 Å². The molecule has 1 fully saturated rings. The standard InChI is InChI=1S/C23H25N7O2S/c1-4-17(31)30-11-9-15(12-30)26-22-25-10-8-16(27-22)28-23-29-19(20(33-23)21(24)32)18-13(2)6-5-7-14(18)3/h4-8,10,15H,1,9,11-12H2,2-3H3,(H2,24,32)(H2,25,26,27,28,29)/t15-/m1/s1. The molecule has 1 aliphatic rings. The molecule has 4 rings (SSSR count). The molecule has 0 saturated carbocycles. The van der Waals surface area contributed by atoms with Gasteiger partial charge >= 0.3 is 0 Å². The lowest BCUT2D eigenvalue weighted by Gasteiger charge is -2.15. The molecule has 170 valence electrons. The summed E-state index contributed by atoms with van der Waals surface area (Å²) in [5, 5.41) is 6.94. The second-order valence-electron chi connectivity index (χ2n) is 7.84. The zero-order chi connectivity index (χ0) is 23.5. The van der Waals surface area contributed by atoms with Crippen LogP contribution in [-0.4, -0.2) is 50.8 Å². The van der Waals surface area contributed by atoms with Crippen LogP contribution in [0.5, 0.6) is 0 Å². The lowest BCUT2D eigenvalue weighted by Crippen LogP contribution is -2.30. The number of primary amides is 1. The lowest BCUT2D eigenvalue weighted by atomic mass is 9.99. The second kappa shape index (κ2) is 9.37. The molecule has 1 aliphatic heterocycles.